The summed E-state index contributed by atoms with van der Waals surface area (Å²) in [5.74, 6) is 1.34. The topological polar surface area (TPSA) is 57.0 Å². The van der Waals surface area contributed by atoms with Gasteiger partial charge < -0.3 is 4.74 Å². The summed E-state index contributed by atoms with van der Waals surface area (Å²) in [6.07, 6.45) is 8.32. The van der Waals surface area contributed by atoms with Crippen molar-refractivity contribution in [3.05, 3.63) is 36.0 Å². The van der Waals surface area contributed by atoms with Crippen LogP contribution in [0.25, 0.3) is 0 Å². The molecule has 5 nitrogen and oxygen atoms in total. The van der Waals surface area contributed by atoms with Crippen LogP contribution in [-0.4, -0.2) is 33.8 Å². The van der Waals surface area contributed by atoms with Gasteiger partial charge in [0.15, 0.2) is 12.0 Å². The lowest BCUT2D eigenvalue weighted by Crippen LogP contribution is -2.18. The zero-order valence-corrected chi connectivity index (χ0v) is 12.6. The number of Topliss-reactive ketones (excluding diaryl/α,β-unsaturated/α-hetero) is 1. The molecule has 0 amide bonds. The number of ether oxygens (including phenoxy) is 1. The fraction of sp³-hybridized carbons (Fsp3) is 0.588. The van der Waals surface area contributed by atoms with Crippen LogP contribution in [0.15, 0.2) is 24.3 Å². The fourth-order valence-electron chi connectivity index (χ4n) is 4.33. The number of halogens is 1. The number of rotatable bonds is 3. The molecule has 1 saturated heterocycles. The van der Waals surface area contributed by atoms with E-state index in [2.05, 4.69) is 22.2 Å². The van der Waals surface area contributed by atoms with Gasteiger partial charge in [-0.1, -0.05) is 24.3 Å². The van der Waals surface area contributed by atoms with E-state index in [1.165, 1.54) is 0 Å². The first kappa shape index (κ1) is 13.6. The molecule has 2 aliphatic heterocycles. The molecule has 0 spiro atoms. The molecule has 0 aromatic carbocycles. The molecule has 5 atom stereocenters. The Hall–Kier alpha value is -1.82. The van der Waals surface area contributed by atoms with Crippen LogP contribution in [0.5, 0.6) is 0 Å². The van der Waals surface area contributed by atoms with Crippen molar-refractivity contribution in [3.8, 4) is 0 Å². The summed E-state index contributed by atoms with van der Waals surface area (Å²) in [6, 6.07) is -0.0442. The number of ketones is 1. The maximum Gasteiger partial charge on any atom is 0.217 e. The van der Waals surface area contributed by atoms with Gasteiger partial charge in [-0.05, 0) is 18.3 Å². The largest absolute Gasteiger partial charge is 0.381 e. The van der Waals surface area contributed by atoms with Crippen molar-refractivity contribution >= 4 is 5.78 Å². The molecule has 5 rings (SSSR count). The number of carbonyl (C=O) groups is 1. The number of aromatic nitrogens is 3. The molecular formula is C17H18FN3O2. The normalized spacial score (nSPS) is 40.2. The Balaban J connectivity index is 1.42. The second kappa shape index (κ2) is 4.84. The van der Waals surface area contributed by atoms with E-state index in [1.807, 2.05) is 12.2 Å². The number of alkyl halides is 1. The summed E-state index contributed by atoms with van der Waals surface area (Å²) in [5.41, 5.74) is 0. The van der Waals surface area contributed by atoms with Crippen LogP contribution in [0.2, 0.25) is 0 Å². The molecule has 0 N–H and O–H groups in total. The molecule has 1 aromatic rings. The van der Waals surface area contributed by atoms with Gasteiger partial charge in [-0.2, -0.15) is 0 Å². The standard InChI is InChI=1S/C17H18FN3O2/c18-12-6-13(9-4-2-1-3-5-9)21-17(12)19-16(20-21)15(22)14-10-7-23-8-11(10)14/h1-4,9-14H,5-8H2/t9?,10?,11?,12-,13-,14?/m0/s1. The Kier molecular flexibility index (Phi) is 2.86. The van der Waals surface area contributed by atoms with E-state index in [1.54, 1.807) is 4.68 Å². The fourth-order valence-corrected chi connectivity index (χ4v) is 4.33. The Morgan fingerprint density at radius 1 is 1.30 bits per heavy atom. The van der Waals surface area contributed by atoms with Crippen molar-refractivity contribution < 1.29 is 13.9 Å². The lowest BCUT2D eigenvalue weighted by atomic mass is 9.91. The maximum absolute atomic E-state index is 14.3. The molecule has 1 aromatic heterocycles. The van der Waals surface area contributed by atoms with Gasteiger partial charge in [0.05, 0.1) is 19.3 Å². The first-order valence-corrected chi connectivity index (χ1v) is 8.30. The van der Waals surface area contributed by atoms with Gasteiger partial charge in [-0.3, -0.25) is 4.79 Å². The molecule has 120 valence electrons. The second-order valence-corrected chi connectivity index (χ2v) is 6.98. The summed E-state index contributed by atoms with van der Waals surface area (Å²) in [5, 5.41) is 4.40. The highest BCUT2D eigenvalue weighted by atomic mass is 19.1. The van der Waals surface area contributed by atoms with E-state index in [0.29, 0.717) is 37.3 Å². The molecule has 0 radical (unpaired) electrons. The molecular weight excluding hydrogens is 297 g/mol. The predicted octanol–water partition coefficient (Wildman–Crippen LogP) is 2.44. The van der Waals surface area contributed by atoms with Crippen LogP contribution in [0.1, 0.15) is 41.5 Å². The van der Waals surface area contributed by atoms with E-state index in [9.17, 15) is 9.18 Å². The number of fused-ring (bicyclic) bond motifs is 2. The lowest BCUT2D eigenvalue weighted by Gasteiger charge is -2.21. The smallest absolute Gasteiger partial charge is 0.217 e. The molecule has 1 saturated carbocycles. The highest BCUT2D eigenvalue weighted by Gasteiger charge is 2.59. The molecule has 23 heavy (non-hydrogen) atoms. The highest BCUT2D eigenvalue weighted by molar-refractivity contribution is 5.97. The number of hydrogen-bond donors (Lipinski definition) is 0. The molecule has 4 aliphatic rings. The Morgan fingerprint density at radius 2 is 2.13 bits per heavy atom. The van der Waals surface area contributed by atoms with Gasteiger partial charge in [-0.15, -0.1) is 5.10 Å². The molecule has 6 heteroatoms. The van der Waals surface area contributed by atoms with E-state index < -0.39 is 6.17 Å². The van der Waals surface area contributed by atoms with E-state index in [4.69, 9.17) is 4.74 Å². The molecule has 0 bridgehead atoms. The first-order valence-electron chi connectivity index (χ1n) is 8.30. The third-order valence-electron chi connectivity index (χ3n) is 5.68. The number of nitrogens with zero attached hydrogens (tertiary/aromatic N) is 3. The molecule has 3 unspecified atom stereocenters. The third kappa shape index (κ3) is 1.97. The van der Waals surface area contributed by atoms with Gasteiger partial charge in [0.1, 0.15) is 0 Å². The van der Waals surface area contributed by atoms with Crippen molar-refractivity contribution in [2.45, 2.75) is 25.1 Å². The second-order valence-electron chi connectivity index (χ2n) is 6.98. The van der Waals surface area contributed by atoms with E-state index in [0.717, 1.165) is 6.42 Å². The Labute approximate surface area is 133 Å². The van der Waals surface area contributed by atoms with Gasteiger partial charge in [0.25, 0.3) is 0 Å². The van der Waals surface area contributed by atoms with Crippen molar-refractivity contribution in [2.75, 3.05) is 13.2 Å². The highest BCUT2D eigenvalue weighted by Crippen LogP contribution is 2.52. The van der Waals surface area contributed by atoms with E-state index in [-0.39, 0.29) is 29.5 Å². The average Bonchev–Trinajstić information content (AvgIpc) is 2.97. The molecule has 2 aliphatic carbocycles. The Morgan fingerprint density at radius 3 is 2.87 bits per heavy atom. The van der Waals surface area contributed by atoms with Crippen LogP contribution >= 0.6 is 0 Å². The van der Waals surface area contributed by atoms with Crippen molar-refractivity contribution in [1.29, 1.82) is 0 Å². The summed E-state index contributed by atoms with van der Waals surface area (Å²) in [6.45, 7) is 1.31. The monoisotopic (exact) mass is 315 g/mol. The summed E-state index contributed by atoms with van der Waals surface area (Å²) < 4.78 is 21.3. The minimum atomic E-state index is -1.13. The SMILES string of the molecule is O=C(c1nc2n(n1)[C@H](C1C=CC=CC1)C[C@@H]2F)C1C2COCC21. The van der Waals surface area contributed by atoms with Gasteiger partial charge in [0.2, 0.25) is 11.6 Å². The minimum absolute atomic E-state index is 0.0131. The van der Waals surface area contributed by atoms with Crippen LogP contribution in [0.4, 0.5) is 4.39 Å². The minimum Gasteiger partial charge on any atom is -0.381 e. The van der Waals surface area contributed by atoms with Crippen LogP contribution in [-0.2, 0) is 4.74 Å². The van der Waals surface area contributed by atoms with Crippen molar-refractivity contribution in [1.82, 2.24) is 14.8 Å². The number of hydrogen-bond acceptors (Lipinski definition) is 4. The van der Waals surface area contributed by atoms with Gasteiger partial charge in [0, 0.05) is 18.3 Å². The molecule has 2 fully saturated rings. The zero-order chi connectivity index (χ0) is 15.6. The average molecular weight is 315 g/mol. The van der Waals surface area contributed by atoms with Crippen LogP contribution in [0.3, 0.4) is 0 Å². The summed E-state index contributed by atoms with van der Waals surface area (Å²) >= 11 is 0. The van der Waals surface area contributed by atoms with Crippen molar-refractivity contribution in [3.63, 3.8) is 0 Å². The van der Waals surface area contributed by atoms with Crippen molar-refractivity contribution in [2.24, 2.45) is 23.7 Å². The Bertz CT molecular complexity index is 715. The van der Waals surface area contributed by atoms with Gasteiger partial charge >= 0.3 is 0 Å². The van der Waals surface area contributed by atoms with Gasteiger partial charge in [-0.25, -0.2) is 14.1 Å². The maximum atomic E-state index is 14.3. The van der Waals surface area contributed by atoms with Crippen LogP contribution in [0, 0.1) is 23.7 Å². The summed E-state index contributed by atoms with van der Waals surface area (Å²) in [7, 11) is 0. The molecule has 3 heterocycles. The third-order valence-corrected chi connectivity index (χ3v) is 5.68. The summed E-state index contributed by atoms with van der Waals surface area (Å²) in [4.78, 5) is 16.8. The number of allylic oxidation sites excluding steroid dienone is 4. The predicted molar refractivity (Wildman–Crippen MR) is 79.5 cm³/mol. The lowest BCUT2D eigenvalue weighted by molar-refractivity contribution is 0.0882. The quantitative estimate of drug-likeness (QED) is 0.804. The first-order chi connectivity index (χ1) is 11.2. The van der Waals surface area contributed by atoms with Crippen LogP contribution < -0.4 is 0 Å². The number of carbonyl (C=O) groups excluding carboxylic acids is 1. The zero-order valence-electron chi connectivity index (χ0n) is 12.6. The van der Waals surface area contributed by atoms with E-state index >= 15 is 0 Å².